The summed E-state index contributed by atoms with van der Waals surface area (Å²) in [6.07, 6.45) is 7.14. The zero-order valence-corrected chi connectivity index (χ0v) is 15.6. The number of allylic oxidation sites excluding steroid dienone is 3. The van der Waals surface area contributed by atoms with Gasteiger partial charge in [0.15, 0.2) is 0 Å². The normalized spacial score (nSPS) is 12.2. The van der Waals surface area contributed by atoms with Crippen LogP contribution in [-0.4, -0.2) is 22.9 Å². The van der Waals surface area contributed by atoms with Gasteiger partial charge in [0.25, 0.3) is 0 Å². The van der Waals surface area contributed by atoms with Gasteiger partial charge in [-0.25, -0.2) is 4.79 Å². The number of ether oxygens (including phenoxy) is 1. The van der Waals surface area contributed by atoms with Gasteiger partial charge in [-0.1, -0.05) is 61.2 Å². The Morgan fingerprint density at radius 3 is 2.78 bits per heavy atom. The summed E-state index contributed by atoms with van der Waals surface area (Å²) in [4.78, 5) is 12.1. The first-order chi connectivity index (χ1) is 13.2. The fraction of sp³-hybridized carbons (Fsp3) is 0.130. The monoisotopic (exact) mass is 358 g/mol. The van der Waals surface area contributed by atoms with Gasteiger partial charge >= 0.3 is 5.97 Å². The molecule has 0 spiro atoms. The van der Waals surface area contributed by atoms with Crippen molar-refractivity contribution in [1.82, 2.24) is 9.78 Å². The van der Waals surface area contributed by atoms with Crippen molar-refractivity contribution in [2.24, 2.45) is 0 Å². The van der Waals surface area contributed by atoms with E-state index >= 15 is 0 Å². The molecule has 4 heteroatoms. The average molecular weight is 358 g/mol. The molecule has 0 radical (unpaired) electrons. The van der Waals surface area contributed by atoms with Gasteiger partial charge in [0, 0.05) is 5.39 Å². The average Bonchev–Trinajstić information content (AvgIpc) is 3.11. The molecular weight excluding hydrogens is 336 g/mol. The second-order valence-corrected chi connectivity index (χ2v) is 6.07. The highest BCUT2D eigenvalue weighted by Crippen LogP contribution is 2.26. The van der Waals surface area contributed by atoms with Crippen molar-refractivity contribution >= 4 is 22.4 Å². The van der Waals surface area contributed by atoms with E-state index in [2.05, 4.69) is 35.9 Å². The molecule has 0 N–H and O–H groups in total. The molecule has 0 saturated heterocycles. The van der Waals surface area contributed by atoms with E-state index < -0.39 is 0 Å². The van der Waals surface area contributed by atoms with E-state index in [9.17, 15) is 4.79 Å². The predicted octanol–water partition coefficient (Wildman–Crippen LogP) is 4.77. The third-order valence-corrected chi connectivity index (χ3v) is 4.39. The molecule has 0 saturated carbocycles. The van der Waals surface area contributed by atoms with Crippen molar-refractivity contribution in [2.45, 2.75) is 13.5 Å². The highest BCUT2D eigenvalue weighted by molar-refractivity contribution is 6.06. The van der Waals surface area contributed by atoms with Crippen molar-refractivity contribution in [2.75, 3.05) is 7.11 Å². The Morgan fingerprint density at radius 1 is 1.22 bits per heavy atom. The van der Waals surface area contributed by atoms with Crippen molar-refractivity contribution in [3.63, 3.8) is 0 Å². The maximum Gasteiger partial charge on any atom is 0.338 e. The number of benzene rings is 2. The molecule has 1 heterocycles. The molecule has 0 unspecified atom stereocenters. The molecule has 0 atom stereocenters. The molecule has 0 fully saturated rings. The second-order valence-electron chi connectivity index (χ2n) is 6.07. The van der Waals surface area contributed by atoms with Crippen LogP contribution in [-0.2, 0) is 16.1 Å². The van der Waals surface area contributed by atoms with Crippen molar-refractivity contribution in [3.8, 4) is 0 Å². The maximum atomic E-state index is 12.1. The minimum Gasteiger partial charge on any atom is -0.465 e. The number of hydrogen-bond donors (Lipinski definition) is 0. The lowest BCUT2D eigenvalue weighted by atomic mass is 9.95. The van der Waals surface area contributed by atoms with E-state index in [1.54, 1.807) is 12.2 Å². The number of para-hydroxylation sites is 1. The molecule has 27 heavy (non-hydrogen) atoms. The summed E-state index contributed by atoms with van der Waals surface area (Å²) in [5.41, 5.74) is 4.41. The van der Waals surface area contributed by atoms with E-state index in [0.717, 1.165) is 27.6 Å². The van der Waals surface area contributed by atoms with Gasteiger partial charge in [-0.15, -0.1) is 0 Å². The van der Waals surface area contributed by atoms with Gasteiger partial charge in [-0.2, -0.15) is 5.10 Å². The number of carbonyl (C=O) groups is 1. The van der Waals surface area contributed by atoms with Crippen LogP contribution in [0.25, 0.3) is 16.5 Å². The van der Waals surface area contributed by atoms with Gasteiger partial charge in [0.05, 0.1) is 30.9 Å². The summed E-state index contributed by atoms with van der Waals surface area (Å²) in [6, 6.07) is 16.2. The molecule has 0 aliphatic heterocycles. The van der Waals surface area contributed by atoms with E-state index in [1.807, 2.05) is 48.1 Å². The summed E-state index contributed by atoms with van der Waals surface area (Å²) < 4.78 is 6.89. The highest BCUT2D eigenvalue weighted by Gasteiger charge is 2.16. The number of aromatic nitrogens is 2. The zero-order valence-electron chi connectivity index (χ0n) is 15.6. The fourth-order valence-corrected chi connectivity index (χ4v) is 3.11. The minimum absolute atomic E-state index is 0.367. The molecule has 0 aliphatic rings. The summed E-state index contributed by atoms with van der Waals surface area (Å²) >= 11 is 0. The highest BCUT2D eigenvalue weighted by atomic mass is 16.5. The summed E-state index contributed by atoms with van der Waals surface area (Å²) in [6.45, 7) is 6.24. The number of carbonyl (C=O) groups excluding carboxylic acids is 1. The van der Waals surface area contributed by atoms with Gasteiger partial charge < -0.3 is 4.74 Å². The Hall–Kier alpha value is -3.40. The first-order valence-corrected chi connectivity index (χ1v) is 8.75. The Kier molecular flexibility index (Phi) is 5.67. The number of nitrogens with zero attached hydrogens (tertiary/aromatic N) is 2. The van der Waals surface area contributed by atoms with Crippen molar-refractivity contribution in [1.29, 1.82) is 0 Å². The largest absolute Gasteiger partial charge is 0.465 e. The smallest absolute Gasteiger partial charge is 0.338 e. The maximum absolute atomic E-state index is 12.1. The number of rotatable bonds is 6. The van der Waals surface area contributed by atoms with Gasteiger partial charge in [0.2, 0.25) is 0 Å². The Balaban J connectivity index is 1.97. The molecule has 0 aliphatic carbocycles. The van der Waals surface area contributed by atoms with Crippen LogP contribution < -0.4 is 0 Å². The van der Waals surface area contributed by atoms with Crippen molar-refractivity contribution < 1.29 is 9.53 Å². The fourth-order valence-electron chi connectivity index (χ4n) is 3.11. The first-order valence-electron chi connectivity index (χ1n) is 8.75. The molecule has 1 aromatic heterocycles. The van der Waals surface area contributed by atoms with E-state index in [-0.39, 0.29) is 5.97 Å². The number of fused-ring (bicyclic) bond motifs is 1. The lowest BCUT2D eigenvalue weighted by Gasteiger charge is -2.12. The minimum atomic E-state index is -0.367. The molecule has 2 aromatic carbocycles. The quantitative estimate of drug-likeness (QED) is 0.362. The van der Waals surface area contributed by atoms with Crippen LogP contribution in [0.4, 0.5) is 0 Å². The third kappa shape index (κ3) is 3.90. The van der Waals surface area contributed by atoms with Crippen LogP contribution >= 0.6 is 0 Å². The van der Waals surface area contributed by atoms with Crippen LogP contribution in [0.15, 0.2) is 85.1 Å². The predicted molar refractivity (Wildman–Crippen MR) is 109 cm³/mol. The van der Waals surface area contributed by atoms with Crippen LogP contribution in [0.3, 0.4) is 0 Å². The molecule has 136 valence electrons. The van der Waals surface area contributed by atoms with Gasteiger partial charge in [-0.3, -0.25) is 4.68 Å². The molecule has 0 bridgehead atoms. The van der Waals surface area contributed by atoms with Crippen LogP contribution in [0.2, 0.25) is 0 Å². The molecule has 0 amide bonds. The van der Waals surface area contributed by atoms with Crippen LogP contribution in [0, 0.1) is 0 Å². The molecule has 3 rings (SSSR count). The van der Waals surface area contributed by atoms with Crippen LogP contribution in [0.5, 0.6) is 0 Å². The third-order valence-electron chi connectivity index (χ3n) is 4.39. The standard InChI is InChI=1S/C23H22N2O2/c1-4-9-21(20(5-2)23(26)27-3)18-12-8-10-17(14-18)16-25-22-13-7-6-11-19(22)15-24-25/h4-15H,1,16H2,2-3H3/b20-5+,21-9-. The summed E-state index contributed by atoms with van der Waals surface area (Å²) in [5, 5.41) is 5.61. The Bertz CT molecular complexity index is 1040. The van der Waals surface area contributed by atoms with E-state index in [1.165, 1.54) is 7.11 Å². The topological polar surface area (TPSA) is 44.1 Å². The summed E-state index contributed by atoms with van der Waals surface area (Å²) in [5.74, 6) is -0.367. The lowest BCUT2D eigenvalue weighted by molar-refractivity contribution is -0.135. The molecule has 4 nitrogen and oxygen atoms in total. The van der Waals surface area contributed by atoms with Crippen LogP contribution in [0.1, 0.15) is 18.1 Å². The Labute approximate surface area is 159 Å². The number of methoxy groups -OCH3 is 1. The SMILES string of the molecule is C=C/C=C(\C(=C/C)C(=O)OC)c1cccc(Cn2ncc3ccccc32)c1. The number of hydrogen-bond acceptors (Lipinski definition) is 3. The second kappa shape index (κ2) is 8.32. The van der Waals surface area contributed by atoms with Gasteiger partial charge in [0.1, 0.15) is 0 Å². The van der Waals surface area contributed by atoms with Crippen molar-refractivity contribution in [3.05, 3.63) is 96.2 Å². The zero-order chi connectivity index (χ0) is 19.2. The summed E-state index contributed by atoms with van der Waals surface area (Å²) in [7, 11) is 1.39. The van der Waals surface area contributed by atoms with E-state index in [4.69, 9.17) is 4.74 Å². The van der Waals surface area contributed by atoms with E-state index in [0.29, 0.717) is 12.1 Å². The number of esters is 1. The lowest BCUT2D eigenvalue weighted by Crippen LogP contribution is -2.07. The molecule has 3 aromatic rings. The first kappa shape index (κ1) is 18.4. The molecular formula is C23H22N2O2. The van der Waals surface area contributed by atoms with Gasteiger partial charge in [-0.05, 0) is 35.8 Å². The Morgan fingerprint density at radius 2 is 2.04 bits per heavy atom.